The van der Waals surface area contributed by atoms with Gasteiger partial charge in [0.05, 0.1) is 0 Å². The monoisotopic (exact) mass is 137 g/mol. The molecule has 0 N–H and O–H groups in total. The normalized spacial score (nSPS) is 31.6. The van der Waals surface area contributed by atoms with Gasteiger partial charge in [0.1, 0.15) is 0 Å². The van der Waals surface area contributed by atoms with Crippen molar-refractivity contribution in [2.75, 3.05) is 0 Å². The first kappa shape index (κ1) is 7.84. The van der Waals surface area contributed by atoms with Gasteiger partial charge in [-0.05, 0) is 38.0 Å². The van der Waals surface area contributed by atoms with Crippen molar-refractivity contribution in [3.05, 3.63) is 18.6 Å². The molecule has 0 heteroatoms. The number of allylic oxidation sites excluding steroid dienone is 2. The largest absolute Gasteiger partial charge is 0.0853 e. The molecule has 0 saturated heterocycles. The van der Waals surface area contributed by atoms with Crippen LogP contribution in [-0.4, -0.2) is 0 Å². The third-order valence-electron chi connectivity index (χ3n) is 2.75. The molecule has 1 aliphatic carbocycles. The van der Waals surface area contributed by atoms with Gasteiger partial charge in [0.2, 0.25) is 0 Å². The van der Waals surface area contributed by atoms with Crippen molar-refractivity contribution >= 4 is 0 Å². The van der Waals surface area contributed by atoms with Gasteiger partial charge in [0.15, 0.2) is 0 Å². The molecule has 0 aromatic carbocycles. The summed E-state index contributed by atoms with van der Waals surface area (Å²) < 4.78 is 0. The summed E-state index contributed by atoms with van der Waals surface area (Å²) in [5, 5.41) is 0. The highest BCUT2D eigenvalue weighted by atomic mass is 14.3. The predicted molar refractivity (Wildman–Crippen MR) is 45.6 cm³/mol. The molecule has 1 unspecified atom stereocenters. The molecule has 0 saturated carbocycles. The van der Waals surface area contributed by atoms with Gasteiger partial charge in [0, 0.05) is 0 Å². The Labute approximate surface area is 64.3 Å². The molecule has 0 aromatic rings. The van der Waals surface area contributed by atoms with E-state index in [0.717, 1.165) is 0 Å². The van der Waals surface area contributed by atoms with Gasteiger partial charge < -0.3 is 0 Å². The highest BCUT2D eigenvalue weighted by molar-refractivity contribution is 5.12. The molecule has 0 bridgehead atoms. The molecule has 0 aliphatic heterocycles. The third-order valence-corrected chi connectivity index (χ3v) is 2.75. The highest BCUT2D eigenvalue weighted by Crippen LogP contribution is 2.39. The van der Waals surface area contributed by atoms with Crippen LogP contribution in [0, 0.1) is 18.3 Å². The van der Waals surface area contributed by atoms with Crippen LogP contribution in [0.3, 0.4) is 0 Å². The van der Waals surface area contributed by atoms with E-state index in [-0.39, 0.29) is 0 Å². The molecule has 0 fully saturated rings. The van der Waals surface area contributed by atoms with Crippen LogP contribution in [0.15, 0.2) is 11.6 Å². The maximum atomic E-state index is 4.16. The van der Waals surface area contributed by atoms with E-state index >= 15 is 0 Å². The fourth-order valence-electron chi connectivity index (χ4n) is 1.60. The van der Waals surface area contributed by atoms with Crippen molar-refractivity contribution in [2.24, 2.45) is 11.3 Å². The van der Waals surface area contributed by atoms with Crippen molar-refractivity contribution in [3.63, 3.8) is 0 Å². The van der Waals surface area contributed by atoms with Crippen molar-refractivity contribution in [1.82, 2.24) is 0 Å². The van der Waals surface area contributed by atoms with E-state index in [1.807, 2.05) is 0 Å². The second-order valence-corrected chi connectivity index (χ2v) is 4.03. The van der Waals surface area contributed by atoms with Crippen LogP contribution in [-0.2, 0) is 0 Å². The molecule has 0 aromatic heterocycles. The van der Waals surface area contributed by atoms with Crippen molar-refractivity contribution < 1.29 is 0 Å². The minimum atomic E-state index is 0.429. The van der Waals surface area contributed by atoms with E-state index in [9.17, 15) is 0 Å². The lowest BCUT2D eigenvalue weighted by molar-refractivity contribution is 0.253. The quantitative estimate of drug-likeness (QED) is 0.450. The Morgan fingerprint density at radius 2 is 2.20 bits per heavy atom. The number of hydrogen-bond acceptors (Lipinski definition) is 0. The van der Waals surface area contributed by atoms with Crippen molar-refractivity contribution in [3.8, 4) is 0 Å². The van der Waals surface area contributed by atoms with Crippen LogP contribution in [0.4, 0.5) is 0 Å². The number of hydrogen-bond donors (Lipinski definition) is 0. The first-order chi connectivity index (χ1) is 4.54. The average molecular weight is 137 g/mol. The van der Waals surface area contributed by atoms with Crippen molar-refractivity contribution in [1.29, 1.82) is 0 Å². The lowest BCUT2D eigenvalue weighted by Gasteiger charge is -2.35. The molecule has 57 valence electrons. The van der Waals surface area contributed by atoms with E-state index in [2.05, 4.69) is 33.8 Å². The molecule has 1 atom stereocenters. The van der Waals surface area contributed by atoms with Crippen LogP contribution < -0.4 is 0 Å². The van der Waals surface area contributed by atoms with Gasteiger partial charge in [-0.15, -0.1) is 0 Å². The zero-order valence-corrected chi connectivity index (χ0v) is 7.28. The van der Waals surface area contributed by atoms with E-state index in [1.54, 1.807) is 0 Å². The summed E-state index contributed by atoms with van der Waals surface area (Å²) in [6, 6.07) is 0. The SMILES string of the molecule is [CH2]C1C(C)=CCCC1(C)C. The van der Waals surface area contributed by atoms with Crippen LogP contribution >= 0.6 is 0 Å². The fraction of sp³-hybridized carbons (Fsp3) is 0.700. The second kappa shape index (κ2) is 2.41. The third kappa shape index (κ3) is 1.25. The Balaban J connectivity index is 2.78. The first-order valence-corrected chi connectivity index (χ1v) is 4.04. The summed E-state index contributed by atoms with van der Waals surface area (Å²) in [5.74, 6) is 0.529. The minimum absolute atomic E-state index is 0.429. The summed E-state index contributed by atoms with van der Waals surface area (Å²) in [5.41, 5.74) is 1.90. The Bertz CT molecular complexity index is 151. The molecule has 0 spiro atoms. The molecule has 1 radical (unpaired) electrons. The Morgan fingerprint density at radius 1 is 1.60 bits per heavy atom. The van der Waals surface area contributed by atoms with E-state index in [1.165, 1.54) is 18.4 Å². The summed E-state index contributed by atoms with van der Waals surface area (Å²) in [4.78, 5) is 0. The first-order valence-electron chi connectivity index (χ1n) is 4.04. The van der Waals surface area contributed by atoms with Gasteiger partial charge in [0.25, 0.3) is 0 Å². The van der Waals surface area contributed by atoms with Crippen LogP contribution in [0.1, 0.15) is 33.6 Å². The smallest absolute Gasteiger partial charge is 0.0154 e. The molecule has 0 heterocycles. The topological polar surface area (TPSA) is 0 Å². The molecule has 0 nitrogen and oxygen atoms in total. The minimum Gasteiger partial charge on any atom is -0.0853 e. The zero-order valence-electron chi connectivity index (χ0n) is 7.28. The fourth-order valence-corrected chi connectivity index (χ4v) is 1.60. The zero-order chi connectivity index (χ0) is 7.78. The Hall–Kier alpha value is -0.260. The van der Waals surface area contributed by atoms with E-state index in [0.29, 0.717) is 11.3 Å². The van der Waals surface area contributed by atoms with E-state index in [4.69, 9.17) is 0 Å². The van der Waals surface area contributed by atoms with Crippen LogP contribution in [0.25, 0.3) is 0 Å². The van der Waals surface area contributed by atoms with Gasteiger partial charge >= 0.3 is 0 Å². The maximum absolute atomic E-state index is 4.16. The summed E-state index contributed by atoms with van der Waals surface area (Å²) >= 11 is 0. The summed E-state index contributed by atoms with van der Waals surface area (Å²) in [6.07, 6.45) is 4.85. The Morgan fingerprint density at radius 3 is 2.60 bits per heavy atom. The van der Waals surface area contributed by atoms with Crippen molar-refractivity contribution in [2.45, 2.75) is 33.6 Å². The lowest BCUT2D eigenvalue weighted by Crippen LogP contribution is -2.25. The van der Waals surface area contributed by atoms with Gasteiger partial charge in [-0.25, -0.2) is 0 Å². The standard InChI is InChI=1S/C10H17/c1-8-6-5-7-10(3,4)9(8)2/h6,9H,2,5,7H2,1,3-4H3. The molecular weight excluding hydrogens is 120 g/mol. The van der Waals surface area contributed by atoms with Gasteiger partial charge in [-0.3, -0.25) is 0 Å². The molecule has 0 amide bonds. The summed E-state index contributed by atoms with van der Waals surface area (Å²) in [7, 11) is 0. The van der Waals surface area contributed by atoms with Crippen LogP contribution in [0.2, 0.25) is 0 Å². The van der Waals surface area contributed by atoms with E-state index < -0.39 is 0 Å². The number of rotatable bonds is 0. The second-order valence-electron chi connectivity index (χ2n) is 4.03. The molecule has 1 aliphatic rings. The molecule has 10 heavy (non-hydrogen) atoms. The average Bonchev–Trinajstić information content (AvgIpc) is 1.83. The predicted octanol–water partition coefficient (Wildman–Crippen LogP) is 3.20. The molecular formula is C10H17. The Kier molecular flexibility index (Phi) is 1.89. The summed E-state index contributed by atoms with van der Waals surface area (Å²) in [6.45, 7) is 11.0. The lowest BCUT2D eigenvalue weighted by atomic mass is 9.70. The van der Waals surface area contributed by atoms with Gasteiger partial charge in [-0.2, -0.15) is 0 Å². The highest BCUT2D eigenvalue weighted by Gasteiger charge is 2.28. The maximum Gasteiger partial charge on any atom is -0.0154 e. The van der Waals surface area contributed by atoms with Crippen LogP contribution in [0.5, 0.6) is 0 Å². The molecule has 1 rings (SSSR count). The van der Waals surface area contributed by atoms with Gasteiger partial charge in [-0.1, -0.05) is 25.5 Å².